The van der Waals surface area contributed by atoms with Gasteiger partial charge in [-0.3, -0.25) is 34.8 Å². The predicted molar refractivity (Wildman–Crippen MR) is 130 cm³/mol. The number of nitro groups is 2. The molecule has 13 nitrogen and oxygen atoms in total. The number of pyridine rings is 1. The van der Waals surface area contributed by atoms with Crippen LogP contribution in [0.4, 0.5) is 11.4 Å². The third kappa shape index (κ3) is 6.38. The number of aromatic nitrogens is 1. The molecule has 0 fully saturated rings. The number of hydrogen-bond donors (Lipinski definition) is 2. The minimum atomic E-state index is -0.643. The lowest BCUT2D eigenvalue weighted by Gasteiger charge is -2.09. The van der Waals surface area contributed by atoms with Gasteiger partial charge in [0.25, 0.3) is 23.2 Å². The summed E-state index contributed by atoms with van der Waals surface area (Å²) in [6.45, 7) is 3.18. The third-order valence-corrected chi connectivity index (χ3v) is 4.81. The van der Waals surface area contributed by atoms with E-state index in [1.807, 2.05) is 0 Å². The predicted octanol–water partition coefficient (Wildman–Crippen LogP) is 3.04. The summed E-state index contributed by atoms with van der Waals surface area (Å²) < 4.78 is 0. The number of nitrogens with one attached hydrogen (secondary N) is 2. The van der Waals surface area contributed by atoms with Crippen molar-refractivity contribution in [1.82, 2.24) is 15.8 Å². The van der Waals surface area contributed by atoms with Crippen LogP contribution in [0.5, 0.6) is 0 Å². The average molecular weight is 489 g/mol. The van der Waals surface area contributed by atoms with Crippen LogP contribution in [0, 0.1) is 34.1 Å². The molecule has 0 saturated heterocycles. The summed E-state index contributed by atoms with van der Waals surface area (Å²) in [5.74, 6) is -1.29. The maximum atomic E-state index is 12.6. The highest BCUT2D eigenvalue weighted by molar-refractivity contribution is 6.01. The lowest BCUT2D eigenvalue weighted by atomic mass is 10.1. The highest BCUT2D eigenvalue weighted by Gasteiger charge is 2.17. The van der Waals surface area contributed by atoms with Crippen molar-refractivity contribution >= 4 is 35.6 Å². The van der Waals surface area contributed by atoms with Crippen LogP contribution in [0.3, 0.4) is 0 Å². The van der Waals surface area contributed by atoms with E-state index in [4.69, 9.17) is 0 Å². The van der Waals surface area contributed by atoms with E-state index in [9.17, 15) is 29.8 Å². The standard InChI is InChI=1S/C23H19N7O6/c1-14-20(22(31)27-24-12-16-5-3-7-18(9-16)29(33)34)11-21(15(2)26-14)23(32)28-25-13-17-6-4-8-19(10-17)30(35)36/h3-13H,1-2H3,(H,27,31)(H,28,32)/b24-12+,25-13+. The topological polar surface area (TPSA) is 182 Å². The molecule has 1 heterocycles. The summed E-state index contributed by atoms with van der Waals surface area (Å²) >= 11 is 0. The number of carbonyl (C=O) groups is 2. The second kappa shape index (κ2) is 11.2. The van der Waals surface area contributed by atoms with E-state index in [2.05, 4.69) is 26.0 Å². The normalized spacial score (nSPS) is 10.9. The van der Waals surface area contributed by atoms with Crippen LogP contribution < -0.4 is 10.9 Å². The van der Waals surface area contributed by atoms with Crippen LogP contribution in [-0.4, -0.2) is 39.1 Å². The molecular weight excluding hydrogens is 470 g/mol. The highest BCUT2D eigenvalue weighted by atomic mass is 16.6. The number of amides is 2. The molecule has 0 unspecified atom stereocenters. The van der Waals surface area contributed by atoms with Crippen LogP contribution in [0.1, 0.15) is 43.2 Å². The second-order valence-electron chi connectivity index (χ2n) is 7.36. The molecule has 1 aromatic heterocycles. The zero-order valence-corrected chi connectivity index (χ0v) is 19.0. The van der Waals surface area contributed by atoms with Crippen molar-refractivity contribution in [2.75, 3.05) is 0 Å². The SMILES string of the molecule is Cc1nc(C)c(C(=O)N/N=C/c2cccc([N+](=O)[O-])c2)cc1C(=O)N/N=C/c1cccc([N+](=O)[O-])c1. The first-order chi connectivity index (χ1) is 17.2. The molecule has 182 valence electrons. The van der Waals surface area contributed by atoms with E-state index in [-0.39, 0.29) is 22.5 Å². The van der Waals surface area contributed by atoms with Gasteiger partial charge in [0, 0.05) is 35.4 Å². The Balaban J connectivity index is 1.71. The van der Waals surface area contributed by atoms with Crippen LogP contribution in [-0.2, 0) is 0 Å². The van der Waals surface area contributed by atoms with E-state index in [1.165, 1.54) is 54.9 Å². The van der Waals surface area contributed by atoms with E-state index in [1.54, 1.807) is 26.0 Å². The van der Waals surface area contributed by atoms with Gasteiger partial charge in [-0.2, -0.15) is 10.2 Å². The lowest BCUT2D eigenvalue weighted by molar-refractivity contribution is -0.385. The number of benzene rings is 2. The van der Waals surface area contributed by atoms with Gasteiger partial charge in [0.2, 0.25) is 0 Å². The number of aryl methyl sites for hydroxylation is 2. The maximum Gasteiger partial charge on any atom is 0.273 e. The Morgan fingerprint density at radius 3 is 1.58 bits per heavy atom. The van der Waals surface area contributed by atoms with Gasteiger partial charge in [-0.05, 0) is 19.9 Å². The van der Waals surface area contributed by atoms with Gasteiger partial charge in [-0.15, -0.1) is 0 Å². The summed E-state index contributed by atoms with van der Waals surface area (Å²) in [4.78, 5) is 50.1. The molecule has 0 aliphatic rings. The van der Waals surface area contributed by atoms with Crippen molar-refractivity contribution in [3.8, 4) is 0 Å². The van der Waals surface area contributed by atoms with Crippen molar-refractivity contribution in [3.05, 3.63) is 108 Å². The summed E-state index contributed by atoms with van der Waals surface area (Å²) in [7, 11) is 0. The number of nitro benzene ring substituents is 2. The molecule has 2 amide bonds. The minimum Gasteiger partial charge on any atom is -0.267 e. The Morgan fingerprint density at radius 1 is 0.778 bits per heavy atom. The van der Waals surface area contributed by atoms with Gasteiger partial charge in [0.15, 0.2) is 0 Å². The third-order valence-electron chi connectivity index (χ3n) is 4.81. The number of non-ortho nitro benzene ring substituents is 2. The Bertz CT molecular complexity index is 1320. The fourth-order valence-corrected chi connectivity index (χ4v) is 3.07. The van der Waals surface area contributed by atoms with Crippen molar-refractivity contribution < 1.29 is 19.4 Å². The summed E-state index contributed by atoms with van der Waals surface area (Å²) in [5.41, 5.74) is 6.07. The van der Waals surface area contributed by atoms with Crippen molar-refractivity contribution in [1.29, 1.82) is 0 Å². The van der Waals surface area contributed by atoms with Crippen molar-refractivity contribution in [2.45, 2.75) is 13.8 Å². The molecule has 0 aliphatic carbocycles. The number of hydrazone groups is 2. The van der Waals surface area contributed by atoms with Gasteiger partial charge in [0.05, 0.1) is 44.8 Å². The first-order valence-corrected chi connectivity index (χ1v) is 10.3. The Labute approximate surface area is 203 Å². The molecule has 2 aromatic carbocycles. The van der Waals surface area contributed by atoms with Gasteiger partial charge in [0.1, 0.15) is 0 Å². The number of rotatable bonds is 8. The number of carbonyl (C=O) groups excluding carboxylic acids is 2. The minimum absolute atomic E-state index is 0.0876. The summed E-state index contributed by atoms with van der Waals surface area (Å²) in [6.07, 6.45) is 2.50. The fourth-order valence-electron chi connectivity index (χ4n) is 3.07. The molecule has 0 radical (unpaired) electrons. The first-order valence-electron chi connectivity index (χ1n) is 10.3. The average Bonchev–Trinajstić information content (AvgIpc) is 2.84. The van der Waals surface area contributed by atoms with Crippen LogP contribution >= 0.6 is 0 Å². The quantitative estimate of drug-likeness (QED) is 0.277. The molecule has 36 heavy (non-hydrogen) atoms. The second-order valence-corrected chi connectivity index (χ2v) is 7.36. The number of hydrogen-bond acceptors (Lipinski definition) is 9. The molecule has 13 heteroatoms. The molecule has 3 aromatic rings. The molecule has 0 bridgehead atoms. The summed E-state index contributed by atoms with van der Waals surface area (Å²) in [5, 5.41) is 29.4. The molecule has 2 N–H and O–H groups in total. The Hall–Kier alpha value is -5.33. The summed E-state index contributed by atoms with van der Waals surface area (Å²) in [6, 6.07) is 12.7. The molecular formula is C23H19N7O6. The van der Waals surface area contributed by atoms with Crippen molar-refractivity contribution in [2.24, 2.45) is 10.2 Å². The molecule has 0 atom stereocenters. The fraction of sp³-hybridized carbons (Fsp3) is 0.0870. The van der Waals surface area contributed by atoms with Gasteiger partial charge in [-0.25, -0.2) is 10.9 Å². The highest BCUT2D eigenvalue weighted by Crippen LogP contribution is 2.14. The van der Waals surface area contributed by atoms with Gasteiger partial charge in [-0.1, -0.05) is 24.3 Å². The van der Waals surface area contributed by atoms with Gasteiger partial charge < -0.3 is 0 Å². The van der Waals surface area contributed by atoms with E-state index < -0.39 is 21.7 Å². The lowest BCUT2D eigenvalue weighted by Crippen LogP contribution is -2.23. The monoisotopic (exact) mass is 489 g/mol. The molecule has 0 spiro atoms. The first kappa shape index (κ1) is 25.3. The zero-order chi connectivity index (χ0) is 26.2. The zero-order valence-electron chi connectivity index (χ0n) is 19.0. The van der Waals surface area contributed by atoms with E-state index in [0.29, 0.717) is 22.5 Å². The van der Waals surface area contributed by atoms with E-state index in [0.717, 1.165) is 0 Å². The number of nitrogens with zero attached hydrogens (tertiary/aromatic N) is 5. The van der Waals surface area contributed by atoms with Crippen molar-refractivity contribution in [3.63, 3.8) is 0 Å². The van der Waals surface area contributed by atoms with Crippen LogP contribution in [0.25, 0.3) is 0 Å². The van der Waals surface area contributed by atoms with Crippen LogP contribution in [0.2, 0.25) is 0 Å². The van der Waals surface area contributed by atoms with E-state index >= 15 is 0 Å². The Morgan fingerprint density at radius 2 is 1.19 bits per heavy atom. The van der Waals surface area contributed by atoms with Crippen LogP contribution in [0.15, 0.2) is 64.8 Å². The smallest absolute Gasteiger partial charge is 0.267 e. The molecule has 0 saturated carbocycles. The molecule has 3 rings (SSSR count). The largest absolute Gasteiger partial charge is 0.273 e. The Kier molecular flexibility index (Phi) is 7.87. The maximum absolute atomic E-state index is 12.6. The van der Waals surface area contributed by atoms with Gasteiger partial charge >= 0.3 is 0 Å². The molecule has 0 aliphatic heterocycles.